The Morgan fingerprint density at radius 1 is 1.20 bits per heavy atom. The molecule has 8 nitrogen and oxygen atoms in total. The quantitative estimate of drug-likeness (QED) is 0.575. The van der Waals surface area contributed by atoms with Crippen molar-refractivity contribution in [2.45, 2.75) is 38.2 Å². The molecule has 1 aromatic carbocycles. The van der Waals surface area contributed by atoms with Crippen LogP contribution in [-0.4, -0.2) is 72.2 Å². The van der Waals surface area contributed by atoms with Gasteiger partial charge in [0.25, 0.3) is 6.47 Å². The molecule has 3 saturated heterocycles. The summed E-state index contributed by atoms with van der Waals surface area (Å²) in [6.07, 6.45) is 4.47. The number of halogens is 1. The van der Waals surface area contributed by atoms with Crippen LogP contribution in [0.15, 0.2) is 24.3 Å². The number of urea groups is 1. The third kappa shape index (κ3) is 5.27. The van der Waals surface area contributed by atoms with Crippen molar-refractivity contribution >= 4 is 24.2 Å². The number of ether oxygens (including phenoxy) is 1. The first-order chi connectivity index (χ1) is 14.5. The van der Waals surface area contributed by atoms with E-state index in [2.05, 4.69) is 10.2 Å². The second-order valence-electron chi connectivity index (χ2n) is 8.05. The summed E-state index contributed by atoms with van der Waals surface area (Å²) in [6.45, 7) is 3.83. The van der Waals surface area contributed by atoms with Crippen molar-refractivity contribution in [2.75, 3.05) is 38.0 Å². The predicted molar refractivity (Wildman–Crippen MR) is 108 cm³/mol. The Kier molecular flexibility index (Phi) is 7.25. The van der Waals surface area contributed by atoms with E-state index in [-0.39, 0.29) is 30.4 Å². The van der Waals surface area contributed by atoms with Crippen molar-refractivity contribution < 1.29 is 28.6 Å². The molecule has 2 N–H and O–H groups in total. The van der Waals surface area contributed by atoms with E-state index >= 15 is 0 Å². The highest BCUT2D eigenvalue weighted by Crippen LogP contribution is 2.43. The average Bonchev–Trinajstić information content (AvgIpc) is 3.33. The maximum absolute atomic E-state index is 13.0. The molecule has 30 heavy (non-hydrogen) atoms. The third-order valence-electron chi connectivity index (χ3n) is 6.09. The molecule has 0 radical (unpaired) electrons. The van der Waals surface area contributed by atoms with E-state index in [1.807, 2.05) is 0 Å². The van der Waals surface area contributed by atoms with Gasteiger partial charge in [-0.3, -0.25) is 14.5 Å². The van der Waals surface area contributed by atoms with Gasteiger partial charge in [0.15, 0.2) is 0 Å². The lowest BCUT2D eigenvalue weighted by atomic mass is 9.76. The number of carboxylic acid groups (broad SMARTS) is 1. The Balaban J connectivity index is 0.000000806. The van der Waals surface area contributed by atoms with Crippen LogP contribution in [0.25, 0.3) is 0 Å². The molecule has 0 bridgehead atoms. The lowest BCUT2D eigenvalue weighted by Crippen LogP contribution is -2.46. The molecule has 0 aromatic heterocycles. The molecule has 3 heterocycles. The molecule has 3 aliphatic rings. The fourth-order valence-corrected chi connectivity index (χ4v) is 4.47. The monoisotopic (exact) mass is 421 g/mol. The number of hydrogen-bond acceptors (Lipinski definition) is 5. The van der Waals surface area contributed by atoms with Gasteiger partial charge in [0.2, 0.25) is 0 Å². The topological polar surface area (TPSA) is 99.2 Å². The molecular formula is C21H28FN3O5. The van der Waals surface area contributed by atoms with Gasteiger partial charge in [-0.05, 0) is 63.0 Å². The molecule has 1 unspecified atom stereocenters. The maximum atomic E-state index is 13.0. The number of piperidine rings is 1. The lowest BCUT2D eigenvalue weighted by molar-refractivity contribution is -0.150. The number of nitrogens with zero attached hydrogens (tertiary/aromatic N) is 2. The van der Waals surface area contributed by atoms with Crippen LogP contribution in [0.4, 0.5) is 14.9 Å². The van der Waals surface area contributed by atoms with Crippen LogP contribution in [0.3, 0.4) is 0 Å². The largest absolute Gasteiger partial charge is 0.483 e. The second kappa shape index (κ2) is 9.88. The van der Waals surface area contributed by atoms with E-state index in [1.165, 1.54) is 37.1 Å². The van der Waals surface area contributed by atoms with Crippen molar-refractivity contribution in [3.63, 3.8) is 0 Å². The van der Waals surface area contributed by atoms with Gasteiger partial charge < -0.3 is 20.1 Å². The number of nitrogens with one attached hydrogen (secondary N) is 1. The number of anilines is 1. The molecule has 2 amide bonds. The molecule has 164 valence electrons. The van der Waals surface area contributed by atoms with Gasteiger partial charge in [0.05, 0.1) is 5.41 Å². The Hall–Kier alpha value is -2.68. The van der Waals surface area contributed by atoms with Crippen LogP contribution in [0.5, 0.6) is 0 Å². The highest BCUT2D eigenvalue weighted by Gasteiger charge is 2.51. The number of carbonyl (C=O) groups excluding carboxylic acids is 2. The molecule has 1 spiro atoms. The number of rotatable bonds is 3. The molecule has 9 heteroatoms. The van der Waals surface area contributed by atoms with Gasteiger partial charge in [0, 0.05) is 31.7 Å². The Bertz CT molecular complexity index is 744. The molecule has 1 aromatic rings. The first-order valence-corrected chi connectivity index (χ1v) is 10.3. The molecular weight excluding hydrogens is 393 g/mol. The van der Waals surface area contributed by atoms with E-state index in [0.29, 0.717) is 31.6 Å². The fraction of sp³-hybridized carbons (Fsp3) is 0.571. The summed E-state index contributed by atoms with van der Waals surface area (Å²) in [5.74, 6) is -0.429. The van der Waals surface area contributed by atoms with Gasteiger partial charge in [-0.15, -0.1) is 0 Å². The van der Waals surface area contributed by atoms with Crippen LogP contribution in [-0.2, 0) is 14.3 Å². The van der Waals surface area contributed by atoms with Gasteiger partial charge in [-0.1, -0.05) is 0 Å². The van der Waals surface area contributed by atoms with E-state index in [4.69, 9.17) is 14.6 Å². The van der Waals surface area contributed by atoms with Gasteiger partial charge in [0.1, 0.15) is 11.9 Å². The van der Waals surface area contributed by atoms with Crippen molar-refractivity contribution in [2.24, 2.45) is 5.41 Å². The summed E-state index contributed by atoms with van der Waals surface area (Å²) in [7, 11) is 0. The van der Waals surface area contributed by atoms with Crippen LogP contribution in [0.1, 0.15) is 32.1 Å². The minimum atomic E-state index is -0.433. The standard InChI is InChI=1S/C20H26FN3O3.CH2O2/c21-15-3-5-16(6-4-15)22-19(26)24-11-7-20(8-12-24)13-17(27-18(20)25)14-23-9-1-2-10-23;2-1-3/h3-6,17H,1-2,7-14H2,(H,22,26);1H,(H,2,3). The Morgan fingerprint density at radius 3 is 2.40 bits per heavy atom. The first-order valence-electron chi connectivity index (χ1n) is 10.3. The normalized spacial score (nSPS) is 22.9. The van der Waals surface area contributed by atoms with Crippen LogP contribution >= 0.6 is 0 Å². The lowest BCUT2D eigenvalue weighted by Gasteiger charge is -2.36. The highest BCUT2D eigenvalue weighted by molar-refractivity contribution is 5.89. The van der Waals surface area contributed by atoms with Crippen molar-refractivity contribution in [3.05, 3.63) is 30.1 Å². The summed E-state index contributed by atoms with van der Waals surface area (Å²) in [5.41, 5.74) is 0.129. The SMILES string of the molecule is O=C(Nc1ccc(F)cc1)N1CCC2(CC1)CC(CN1CCCC1)OC2=O.O=CO. The predicted octanol–water partition coefficient (Wildman–Crippen LogP) is 2.55. The molecule has 0 aliphatic carbocycles. The number of esters is 1. The number of cyclic esters (lactones) is 1. The van der Waals surface area contributed by atoms with E-state index in [1.54, 1.807) is 4.90 Å². The summed E-state index contributed by atoms with van der Waals surface area (Å²) in [5, 5.41) is 9.67. The van der Waals surface area contributed by atoms with Crippen molar-refractivity contribution in [1.29, 1.82) is 0 Å². The smallest absolute Gasteiger partial charge is 0.321 e. The minimum Gasteiger partial charge on any atom is -0.483 e. The molecule has 3 fully saturated rings. The Morgan fingerprint density at radius 2 is 1.80 bits per heavy atom. The van der Waals surface area contributed by atoms with E-state index < -0.39 is 5.41 Å². The molecule has 4 rings (SSSR count). The second-order valence-corrected chi connectivity index (χ2v) is 8.05. The summed E-state index contributed by atoms with van der Waals surface area (Å²) in [6, 6.07) is 5.49. The fourth-order valence-electron chi connectivity index (χ4n) is 4.47. The minimum absolute atomic E-state index is 0.0183. The number of amides is 2. The molecule has 0 saturated carbocycles. The van der Waals surface area contributed by atoms with Crippen LogP contribution in [0.2, 0.25) is 0 Å². The van der Waals surface area contributed by atoms with E-state index in [0.717, 1.165) is 26.1 Å². The first kappa shape index (κ1) is 22.0. The number of hydrogen-bond donors (Lipinski definition) is 2. The van der Waals surface area contributed by atoms with Gasteiger partial charge >= 0.3 is 12.0 Å². The summed E-state index contributed by atoms with van der Waals surface area (Å²) in [4.78, 5) is 37.4. The number of carbonyl (C=O) groups is 3. The van der Waals surface area contributed by atoms with Crippen LogP contribution < -0.4 is 5.32 Å². The zero-order valence-corrected chi connectivity index (χ0v) is 16.9. The highest BCUT2D eigenvalue weighted by atomic mass is 19.1. The summed E-state index contributed by atoms with van der Waals surface area (Å²) >= 11 is 0. The summed E-state index contributed by atoms with van der Waals surface area (Å²) < 4.78 is 18.7. The van der Waals surface area contributed by atoms with Gasteiger partial charge in [-0.25, -0.2) is 9.18 Å². The molecule has 1 atom stereocenters. The van der Waals surface area contributed by atoms with Crippen molar-refractivity contribution in [1.82, 2.24) is 9.80 Å². The number of benzene rings is 1. The zero-order valence-electron chi connectivity index (χ0n) is 16.9. The van der Waals surface area contributed by atoms with E-state index in [9.17, 15) is 14.0 Å². The number of likely N-dealkylation sites (tertiary alicyclic amines) is 2. The van der Waals surface area contributed by atoms with Gasteiger partial charge in [-0.2, -0.15) is 0 Å². The maximum Gasteiger partial charge on any atom is 0.321 e. The zero-order chi connectivity index (χ0) is 21.6. The van der Waals surface area contributed by atoms with Crippen molar-refractivity contribution in [3.8, 4) is 0 Å². The van der Waals surface area contributed by atoms with Crippen LogP contribution in [0, 0.1) is 11.2 Å². The average molecular weight is 421 g/mol. The molecule has 3 aliphatic heterocycles. The third-order valence-corrected chi connectivity index (χ3v) is 6.09. The Labute approximate surface area is 175 Å².